The van der Waals surface area contributed by atoms with Gasteiger partial charge in [-0.05, 0) is 49.2 Å². The number of ether oxygens (including phenoxy) is 1. The van der Waals surface area contributed by atoms with Crippen molar-refractivity contribution < 1.29 is 9.22 Å². The predicted octanol–water partition coefficient (Wildman–Crippen LogP) is 4.22. The van der Waals surface area contributed by atoms with Crippen molar-refractivity contribution in [1.29, 1.82) is 0 Å². The molecule has 3 nitrogen and oxygen atoms in total. The van der Waals surface area contributed by atoms with Crippen molar-refractivity contribution >= 4 is 0 Å². The standard InChI is InChI=1S/C20H25FN2O/c1-22(21)20(15-23-12-5-6-13-23)18-10-7-11-19(14-18)24-16-17-8-3-2-4-9-17/h2-4,7-11,14,20H,5-6,12-13,15-16H2,1H3/t20-/m1/s1. The average molecular weight is 328 g/mol. The minimum atomic E-state index is -0.261. The summed E-state index contributed by atoms with van der Waals surface area (Å²) in [7, 11) is 1.50. The second-order valence-corrected chi connectivity index (χ2v) is 6.40. The minimum Gasteiger partial charge on any atom is -0.489 e. The van der Waals surface area contributed by atoms with Gasteiger partial charge in [0.25, 0.3) is 0 Å². The number of hydrogen-bond donors (Lipinski definition) is 0. The second-order valence-electron chi connectivity index (χ2n) is 6.40. The van der Waals surface area contributed by atoms with Crippen LogP contribution in [0.4, 0.5) is 4.48 Å². The number of benzene rings is 2. The Kier molecular flexibility index (Phi) is 5.83. The van der Waals surface area contributed by atoms with Crippen LogP contribution in [0.25, 0.3) is 0 Å². The molecule has 0 N–H and O–H groups in total. The fraction of sp³-hybridized carbons (Fsp3) is 0.400. The first-order valence-electron chi connectivity index (χ1n) is 8.60. The highest BCUT2D eigenvalue weighted by Gasteiger charge is 2.23. The van der Waals surface area contributed by atoms with Gasteiger partial charge in [-0.2, -0.15) is 0 Å². The van der Waals surface area contributed by atoms with E-state index in [0.717, 1.165) is 41.6 Å². The van der Waals surface area contributed by atoms with Gasteiger partial charge in [0.05, 0.1) is 6.04 Å². The van der Waals surface area contributed by atoms with Crippen LogP contribution in [0.3, 0.4) is 0 Å². The first-order chi connectivity index (χ1) is 11.7. The number of likely N-dealkylation sites (tertiary alicyclic amines) is 1. The van der Waals surface area contributed by atoms with Gasteiger partial charge in [0.1, 0.15) is 12.4 Å². The Balaban J connectivity index is 1.67. The SMILES string of the molecule is CN(F)[C@H](CN1CCCC1)c1cccc(OCc2ccccc2)c1. The molecule has 4 heteroatoms. The zero-order valence-corrected chi connectivity index (χ0v) is 14.2. The fourth-order valence-electron chi connectivity index (χ4n) is 3.19. The molecule has 1 heterocycles. The molecule has 1 saturated heterocycles. The maximum Gasteiger partial charge on any atom is 0.120 e. The summed E-state index contributed by atoms with van der Waals surface area (Å²) in [5.41, 5.74) is 2.08. The highest BCUT2D eigenvalue weighted by atomic mass is 19.2. The maximum atomic E-state index is 14.1. The molecule has 1 aliphatic rings. The largest absolute Gasteiger partial charge is 0.489 e. The summed E-state index contributed by atoms with van der Waals surface area (Å²) in [6.07, 6.45) is 2.42. The lowest BCUT2D eigenvalue weighted by atomic mass is 10.1. The van der Waals surface area contributed by atoms with Gasteiger partial charge >= 0.3 is 0 Å². The van der Waals surface area contributed by atoms with Gasteiger partial charge < -0.3 is 9.64 Å². The highest BCUT2D eigenvalue weighted by Crippen LogP contribution is 2.26. The van der Waals surface area contributed by atoms with Crippen molar-refractivity contribution in [2.45, 2.75) is 25.5 Å². The molecule has 0 unspecified atom stereocenters. The Morgan fingerprint density at radius 2 is 1.83 bits per heavy atom. The van der Waals surface area contributed by atoms with Crippen LogP contribution in [0.1, 0.15) is 30.0 Å². The molecule has 24 heavy (non-hydrogen) atoms. The molecule has 128 valence electrons. The Bertz CT molecular complexity index is 627. The Morgan fingerprint density at radius 1 is 1.08 bits per heavy atom. The number of nitrogens with zero attached hydrogens (tertiary/aromatic N) is 2. The van der Waals surface area contributed by atoms with Crippen molar-refractivity contribution in [3.63, 3.8) is 0 Å². The van der Waals surface area contributed by atoms with Crippen molar-refractivity contribution in [3.05, 3.63) is 65.7 Å². The Hall–Kier alpha value is -1.91. The summed E-state index contributed by atoms with van der Waals surface area (Å²) in [6.45, 7) is 3.37. The van der Waals surface area contributed by atoms with E-state index in [9.17, 15) is 4.48 Å². The van der Waals surface area contributed by atoms with Crippen molar-refractivity contribution in [2.24, 2.45) is 0 Å². The number of halogens is 1. The quantitative estimate of drug-likeness (QED) is 0.708. The molecule has 0 radical (unpaired) electrons. The molecular weight excluding hydrogens is 303 g/mol. The number of hydrogen-bond acceptors (Lipinski definition) is 3. The molecule has 0 saturated carbocycles. The third kappa shape index (κ3) is 4.56. The van der Waals surface area contributed by atoms with E-state index in [1.807, 2.05) is 54.6 Å². The van der Waals surface area contributed by atoms with E-state index in [4.69, 9.17) is 4.74 Å². The lowest BCUT2D eigenvalue weighted by Crippen LogP contribution is -2.31. The van der Waals surface area contributed by atoms with Crippen molar-refractivity contribution in [2.75, 3.05) is 26.7 Å². The molecule has 1 fully saturated rings. The molecule has 0 aliphatic carbocycles. The van der Waals surface area contributed by atoms with E-state index in [1.165, 1.54) is 19.9 Å². The molecule has 3 rings (SSSR count). The number of rotatable bonds is 7. The zero-order valence-electron chi connectivity index (χ0n) is 14.2. The van der Waals surface area contributed by atoms with Crippen molar-refractivity contribution in [1.82, 2.24) is 10.0 Å². The molecule has 1 atom stereocenters. The van der Waals surface area contributed by atoms with Gasteiger partial charge in [-0.1, -0.05) is 42.5 Å². The molecular formula is C20H25FN2O. The van der Waals surface area contributed by atoms with Crippen LogP contribution in [0.2, 0.25) is 0 Å². The van der Waals surface area contributed by atoms with Gasteiger partial charge in [0.15, 0.2) is 0 Å². The highest BCUT2D eigenvalue weighted by molar-refractivity contribution is 5.31. The van der Waals surface area contributed by atoms with Crippen LogP contribution in [0.15, 0.2) is 54.6 Å². The van der Waals surface area contributed by atoms with E-state index in [0.29, 0.717) is 6.61 Å². The summed E-state index contributed by atoms with van der Waals surface area (Å²) in [5.74, 6) is 0.782. The molecule has 0 aromatic heterocycles. The van der Waals surface area contributed by atoms with Crippen molar-refractivity contribution in [3.8, 4) is 5.75 Å². The smallest absolute Gasteiger partial charge is 0.120 e. The summed E-state index contributed by atoms with van der Waals surface area (Å²) in [6, 6.07) is 17.6. The topological polar surface area (TPSA) is 15.7 Å². The monoisotopic (exact) mass is 328 g/mol. The molecule has 0 spiro atoms. The van der Waals surface area contributed by atoms with E-state index in [-0.39, 0.29) is 6.04 Å². The third-order valence-corrected chi connectivity index (χ3v) is 4.55. The van der Waals surface area contributed by atoms with Crippen LogP contribution < -0.4 is 4.74 Å². The number of likely N-dealkylation sites (N-methyl/N-ethyl adjacent to an activating group) is 1. The van der Waals surface area contributed by atoms with Gasteiger partial charge in [-0.25, -0.2) is 0 Å². The summed E-state index contributed by atoms with van der Waals surface area (Å²) in [5, 5.41) is 0.814. The minimum absolute atomic E-state index is 0.261. The predicted molar refractivity (Wildman–Crippen MR) is 94.5 cm³/mol. The fourth-order valence-corrected chi connectivity index (χ4v) is 3.19. The van der Waals surface area contributed by atoms with Crippen LogP contribution in [0.5, 0.6) is 5.75 Å². The summed E-state index contributed by atoms with van der Waals surface area (Å²) < 4.78 is 19.9. The summed E-state index contributed by atoms with van der Waals surface area (Å²) >= 11 is 0. The first kappa shape index (κ1) is 16.9. The van der Waals surface area contributed by atoms with E-state index in [1.54, 1.807) is 0 Å². The average Bonchev–Trinajstić information content (AvgIpc) is 3.12. The van der Waals surface area contributed by atoms with Crippen LogP contribution in [-0.2, 0) is 6.61 Å². The van der Waals surface area contributed by atoms with E-state index >= 15 is 0 Å². The molecule has 1 aliphatic heterocycles. The van der Waals surface area contributed by atoms with Gasteiger partial charge in [-0.3, -0.25) is 0 Å². The van der Waals surface area contributed by atoms with E-state index in [2.05, 4.69) is 4.90 Å². The summed E-state index contributed by atoms with van der Waals surface area (Å²) in [4.78, 5) is 2.33. The lowest BCUT2D eigenvalue weighted by Gasteiger charge is -2.26. The zero-order chi connectivity index (χ0) is 16.8. The van der Waals surface area contributed by atoms with Crippen LogP contribution in [0, 0.1) is 0 Å². The van der Waals surface area contributed by atoms with Crippen LogP contribution in [-0.4, -0.2) is 36.7 Å². The van der Waals surface area contributed by atoms with Gasteiger partial charge in [0, 0.05) is 13.6 Å². The molecule has 0 amide bonds. The van der Waals surface area contributed by atoms with E-state index < -0.39 is 0 Å². The normalized spacial score (nSPS) is 16.5. The second kappa shape index (κ2) is 8.27. The van der Waals surface area contributed by atoms with Gasteiger partial charge in [0.2, 0.25) is 0 Å². The molecule has 2 aromatic rings. The van der Waals surface area contributed by atoms with Crippen LogP contribution >= 0.6 is 0 Å². The lowest BCUT2D eigenvalue weighted by molar-refractivity contribution is -0.00550. The van der Waals surface area contributed by atoms with Gasteiger partial charge in [-0.15, -0.1) is 9.60 Å². The maximum absolute atomic E-state index is 14.1. The third-order valence-electron chi connectivity index (χ3n) is 4.55. The molecule has 2 aromatic carbocycles. The Morgan fingerprint density at radius 3 is 2.54 bits per heavy atom. The first-order valence-corrected chi connectivity index (χ1v) is 8.60. The molecule has 0 bridgehead atoms. The Labute approximate surface area is 143 Å².